The minimum atomic E-state index is -0.607. The molecule has 1 saturated heterocycles. The lowest BCUT2D eigenvalue weighted by Gasteiger charge is -2.19. The van der Waals surface area contributed by atoms with E-state index in [0.717, 1.165) is 52.8 Å². The Morgan fingerprint density at radius 3 is 2.14 bits per heavy atom. The summed E-state index contributed by atoms with van der Waals surface area (Å²) in [5.74, 6) is -1.66. The van der Waals surface area contributed by atoms with Crippen LogP contribution in [0.3, 0.4) is 0 Å². The summed E-state index contributed by atoms with van der Waals surface area (Å²) in [6, 6.07) is 1.91. The number of imide groups is 1. The fourth-order valence-corrected chi connectivity index (χ4v) is 4.70. The van der Waals surface area contributed by atoms with Crippen molar-refractivity contribution in [1.29, 1.82) is 0 Å². The zero-order valence-electron chi connectivity index (χ0n) is 17.0. The van der Waals surface area contributed by atoms with Crippen LogP contribution < -0.4 is 0 Å². The SMILES string of the molecule is CC(=O)c1c(C)cc(C)c(COC(=O)CN2C(=O)C3CCCCC3C2=O)c1C. The summed E-state index contributed by atoms with van der Waals surface area (Å²) >= 11 is 0. The fraction of sp³-hybridized carbons (Fsp3) is 0.545. The van der Waals surface area contributed by atoms with Gasteiger partial charge in [-0.15, -0.1) is 0 Å². The van der Waals surface area contributed by atoms with Gasteiger partial charge in [-0.1, -0.05) is 18.9 Å². The van der Waals surface area contributed by atoms with Gasteiger partial charge >= 0.3 is 5.97 Å². The number of carbonyl (C=O) groups is 4. The summed E-state index contributed by atoms with van der Waals surface area (Å²) in [4.78, 5) is 50.3. The highest BCUT2D eigenvalue weighted by molar-refractivity contribution is 6.07. The molecule has 2 aliphatic rings. The molecule has 0 bridgehead atoms. The van der Waals surface area contributed by atoms with Crippen molar-refractivity contribution < 1.29 is 23.9 Å². The maximum atomic E-state index is 12.5. The van der Waals surface area contributed by atoms with Gasteiger partial charge in [0.05, 0.1) is 11.8 Å². The van der Waals surface area contributed by atoms with Gasteiger partial charge in [0.2, 0.25) is 11.8 Å². The van der Waals surface area contributed by atoms with Gasteiger partial charge in [0, 0.05) is 5.56 Å². The highest BCUT2D eigenvalue weighted by Gasteiger charge is 2.48. The van der Waals surface area contributed by atoms with Crippen molar-refractivity contribution in [2.24, 2.45) is 11.8 Å². The molecule has 2 atom stereocenters. The zero-order chi connectivity index (χ0) is 20.6. The Kier molecular flexibility index (Phi) is 5.68. The van der Waals surface area contributed by atoms with E-state index < -0.39 is 5.97 Å². The molecule has 6 nitrogen and oxygen atoms in total. The number of nitrogens with zero attached hydrogens (tertiary/aromatic N) is 1. The topological polar surface area (TPSA) is 80.8 Å². The number of hydrogen-bond acceptors (Lipinski definition) is 5. The molecule has 1 heterocycles. The number of rotatable bonds is 5. The first-order chi connectivity index (χ1) is 13.2. The number of carbonyl (C=O) groups excluding carboxylic acids is 4. The van der Waals surface area contributed by atoms with Crippen LogP contribution in [-0.4, -0.2) is 35.0 Å². The van der Waals surface area contributed by atoms with Crippen molar-refractivity contribution >= 4 is 23.6 Å². The highest BCUT2D eigenvalue weighted by atomic mass is 16.5. The van der Waals surface area contributed by atoms with Crippen molar-refractivity contribution in [3.05, 3.63) is 33.9 Å². The molecule has 0 aromatic heterocycles. The van der Waals surface area contributed by atoms with Crippen LogP contribution in [0.1, 0.15) is 65.2 Å². The van der Waals surface area contributed by atoms with E-state index in [9.17, 15) is 19.2 Å². The Morgan fingerprint density at radius 1 is 1.04 bits per heavy atom. The molecule has 2 amide bonds. The summed E-state index contributed by atoms with van der Waals surface area (Å²) in [7, 11) is 0. The van der Waals surface area contributed by atoms with Crippen LogP contribution in [0.5, 0.6) is 0 Å². The number of ketones is 1. The fourth-order valence-electron chi connectivity index (χ4n) is 4.70. The van der Waals surface area contributed by atoms with E-state index in [4.69, 9.17) is 4.74 Å². The lowest BCUT2D eigenvalue weighted by molar-refractivity contribution is -0.153. The Labute approximate surface area is 165 Å². The first kappa shape index (κ1) is 20.2. The highest BCUT2D eigenvalue weighted by Crippen LogP contribution is 2.37. The van der Waals surface area contributed by atoms with Crippen molar-refractivity contribution in [2.75, 3.05) is 6.54 Å². The van der Waals surface area contributed by atoms with E-state index in [1.54, 1.807) is 0 Å². The molecule has 150 valence electrons. The standard InChI is InChI=1S/C22H27NO5/c1-12-9-13(2)20(15(4)24)14(3)18(12)11-28-19(25)10-23-21(26)16-7-5-6-8-17(16)22(23)27/h9,16-17H,5-8,10-11H2,1-4H3. The zero-order valence-corrected chi connectivity index (χ0v) is 17.0. The molecule has 28 heavy (non-hydrogen) atoms. The van der Waals surface area contributed by atoms with Gasteiger partial charge < -0.3 is 4.74 Å². The summed E-state index contributed by atoms with van der Waals surface area (Å²) in [5.41, 5.74) is 4.07. The van der Waals surface area contributed by atoms with Gasteiger partial charge in [0.15, 0.2) is 5.78 Å². The van der Waals surface area contributed by atoms with Crippen LogP contribution in [0.15, 0.2) is 6.07 Å². The molecule has 1 aliphatic carbocycles. The minimum Gasteiger partial charge on any atom is -0.459 e. The van der Waals surface area contributed by atoms with Crippen molar-refractivity contribution in [3.8, 4) is 0 Å². The predicted molar refractivity (Wildman–Crippen MR) is 103 cm³/mol. The van der Waals surface area contributed by atoms with E-state index >= 15 is 0 Å². The maximum Gasteiger partial charge on any atom is 0.326 e. The number of esters is 1. The van der Waals surface area contributed by atoms with Crippen LogP contribution in [0.25, 0.3) is 0 Å². The van der Waals surface area contributed by atoms with E-state index in [2.05, 4.69) is 0 Å². The number of likely N-dealkylation sites (tertiary alicyclic amines) is 1. The summed E-state index contributed by atoms with van der Waals surface area (Å²) in [6.07, 6.45) is 3.33. The lowest BCUT2D eigenvalue weighted by atomic mass is 9.81. The van der Waals surface area contributed by atoms with Gasteiger partial charge in [-0.2, -0.15) is 0 Å². The van der Waals surface area contributed by atoms with Gasteiger partial charge in [0.25, 0.3) is 0 Å². The third kappa shape index (κ3) is 3.60. The number of fused-ring (bicyclic) bond motifs is 1. The molecule has 0 N–H and O–H groups in total. The summed E-state index contributed by atoms with van der Waals surface area (Å²) in [6.45, 7) is 6.83. The third-order valence-electron chi connectivity index (χ3n) is 6.08. The Hall–Kier alpha value is -2.50. The van der Waals surface area contributed by atoms with Crippen LogP contribution in [0.4, 0.5) is 0 Å². The largest absolute Gasteiger partial charge is 0.459 e. The third-order valence-corrected chi connectivity index (χ3v) is 6.08. The Balaban J connectivity index is 1.68. The second-order valence-electron chi connectivity index (χ2n) is 7.97. The first-order valence-corrected chi connectivity index (χ1v) is 9.83. The van der Waals surface area contributed by atoms with E-state index in [0.29, 0.717) is 5.56 Å². The Morgan fingerprint density at radius 2 is 1.61 bits per heavy atom. The molecule has 1 aromatic rings. The molecule has 0 radical (unpaired) electrons. The van der Waals surface area contributed by atoms with Crippen molar-refractivity contribution in [3.63, 3.8) is 0 Å². The Bertz CT molecular complexity index is 833. The van der Waals surface area contributed by atoms with Crippen LogP contribution >= 0.6 is 0 Å². The molecule has 2 unspecified atom stereocenters. The number of amides is 2. The maximum absolute atomic E-state index is 12.5. The lowest BCUT2D eigenvalue weighted by Crippen LogP contribution is -2.36. The number of Topliss-reactive ketones (excluding diaryl/α,β-unsaturated/α-hetero) is 1. The quantitative estimate of drug-likeness (QED) is 0.442. The molecule has 6 heteroatoms. The van der Waals surface area contributed by atoms with E-state index in [1.165, 1.54) is 6.92 Å². The van der Waals surface area contributed by atoms with Gasteiger partial charge in [-0.25, -0.2) is 0 Å². The van der Waals surface area contributed by atoms with Crippen LogP contribution in [0, 0.1) is 32.6 Å². The molecule has 1 aromatic carbocycles. The van der Waals surface area contributed by atoms with E-state index in [1.807, 2.05) is 26.8 Å². The number of benzene rings is 1. The molecular weight excluding hydrogens is 358 g/mol. The van der Waals surface area contributed by atoms with Gasteiger partial charge in [-0.3, -0.25) is 24.1 Å². The second kappa shape index (κ2) is 7.86. The van der Waals surface area contributed by atoms with Crippen molar-refractivity contribution in [2.45, 2.75) is 60.0 Å². The summed E-state index contributed by atoms with van der Waals surface area (Å²) in [5, 5.41) is 0. The van der Waals surface area contributed by atoms with Crippen molar-refractivity contribution in [1.82, 2.24) is 4.90 Å². The summed E-state index contributed by atoms with van der Waals surface area (Å²) < 4.78 is 5.38. The molecule has 3 rings (SSSR count). The van der Waals surface area contributed by atoms with Crippen LogP contribution in [0.2, 0.25) is 0 Å². The number of hydrogen-bond donors (Lipinski definition) is 0. The van der Waals surface area contributed by atoms with E-state index in [-0.39, 0.29) is 42.6 Å². The number of aryl methyl sites for hydroxylation is 2. The van der Waals surface area contributed by atoms with Crippen LogP contribution in [-0.2, 0) is 25.7 Å². The normalized spacial score (nSPS) is 21.6. The predicted octanol–water partition coefficient (Wildman–Crippen LogP) is 3.03. The first-order valence-electron chi connectivity index (χ1n) is 9.83. The molecule has 1 aliphatic heterocycles. The molecule has 1 saturated carbocycles. The molecule has 0 spiro atoms. The molecule has 2 fully saturated rings. The van der Waals surface area contributed by atoms with Gasteiger partial charge in [-0.05, 0) is 62.8 Å². The molecular formula is C22H27NO5. The monoisotopic (exact) mass is 385 g/mol. The van der Waals surface area contributed by atoms with Gasteiger partial charge in [0.1, 0.15) is 13.2 Å². The second-order valence-corrected chi connectivity index (χ2v) is 7.97. The smallest absolute Gasteiger partial charge is 0.326 e. The minimum absolute atomic E-state index is 0.0140. The number of ether oxygens (including phenoxy) is 1. The average Bonchev–Trinajstić information content (AvgIpc) is 2.86. The average molecular weight is 385 g/mol.